The van der Waals surface area contributed by atoms with Crippen molar-refractivity contribution in [3.8, 4) is 0 Å². The molecule has 0 aromatic heterocycles. The molecule has 1 nitrogen and oxygen atoms in total. The minimum Gasteiger partial charge on any atom is -0.319 e. The third-order valence-corrected chi connectivity index (χ3v) is 4.91. The molecule has 0 aliphatic heterocycles. The molecule has 106 valence electrons. The van der Waals surface area contributed by atoms with E-state index in [4.69, 9.17) is 0 Å². The Balaban J connectivity index is 2.20. The van der Waals surface area contributed by atoms with Crippen molar-refractivity contribution >= 4 is 0 Å². The van der Waals surface area contributed by atoms with Crippen LogP contribution < -0.4 is 5.32 Å². The van der Waals surface area contributed by atoms with Gasteiger partial charge >= 0.3 is 0 Å². The van der Waals surface area contributed by atoms with Crippen LogP contribution in [0.5, 0.6) is 0 Å². The monoisotopic (exact) mass is 259 g/mol. The highest BCUT2D eigenvalue weighted by Gasteiger charge is 2.32. The minimum atomic E-state index is 0.744. The Bertz CT molecular complexity index is 396. The first-order chi connectivity index (χ1) is 9.11. The van der Waals surface area contributed by atoms with Crippen LogP contribution in [0.3, 0.4) is 0 Å². The number of benzene rings is 1. The topological polar surface area (TPSA) is 12.0 Å². The SMILES string of the molecule is CNCC1CCC(C(C)C)CC1c1cccc(C)c1. The molecule has 1 aliphatic rings. The number of hydrogen-bond acceptors (Lipinski definition) is 1. The Morgan fingerprint density at radius 1 is 1.26 bits per heavy atom. The summed E-state index contributed by atoms with van der Waals surface area (Å²) in [6, 6.07) is 9.17. The predicted octanol–water partition coefficient (Wildman–Crippen LogP) is 4.37. The number of rotatable bonds is 4. The molecular weight excluding hydrogens is 230 g/mol. The van der Waals surface area contributed by atoms with E-state index in [1.54, 1.807) is 5.56 Å². The second kappa shape index (κ2) is 6.56. The minimum absolute atomic E-state index is 0.744. The standard InChI is InChI=1S/C18H29N/c1-13(2)15-8-9-17(12-19-4)18(11-15)16-7-5-6-14(3)10-16/h5-7,10,13,15,17-19H,8-9,11-12H2,1-4H3. The van der Waals surface area contributed by atoms with Crippen LogP contribution in [0.15, 0.2) is 24.3 Å². The molecule has 0 radical (unpaired) electrons. The Morgan fingerprint density at radius 2 is 2.05 bits per heavy atom. The van der Waals surface area contributed by atoms with Gasteiger partial charge in [-0.15, -0.1) is 0 Å². The van der Waals surface area contributed by atoms with Gasteiger partial charge in [0.15, 0.2) is 0 Å². The average molecular weight is 259 g/mol. The quantitative estimate of drug-likeness (QED) is 0.846. The van der Waals surface area contributed by atoms with Gasteiger partial charge in [0.25, 0.3) is 0 Å². The lowest BCUT2D eigenvalue weighted by molar-refractivity contribution is 0.192. The van der Waals surface area contributed by atoms with Crippen LogP contribution in [-0.2, 0) is 0 Å². The maximum atomic E-state index is 3.40. The first-order valence-corrected chi connectivity index (χ1v) is 7.83. The number of aryl methyl sites for hydroxylation is 1. The largest absolute Gasteiger partial charge is 0.319 e. The number of hydrogen-bond donors (Lipinski definition) is 1. The summed E-state index contributed by atoms with van der Waals surface area (Å²) in [4.78, 5) is 0. The predicted molar refractivity (Wildman–Crippen MR) is 83.5 cm³/mol. The molecule has 1 N–H and O–H groups in total. The van der Waals surface area contributed by atoms with Crippen molar-refractivity contribution in [1.82, 2.24) is 5.32 Å². The second-order valence-electron chi connectivity index (χ2n) is 6.66. The molecule has 3 atom stereocenters. The van der Waals surface area contributed by atoms with Crippen LogP contribution in [0.2, 0.25) is 0 Å². The van der Waals surface area contributed by atoms with Crippen LogP contribution in [0.25, 0.3) is 0 Å². The van der Waals surface area contributed by atoms with Crippen molar-refractivity contribution in [2.45, 2.75) is 46.0 Å². The van der Waals surface area contributed by atoms with Gasteiger partial charge in [0.1, 0.15) is 0 Å². The van der Waals surface area contributed by atoms with E-state index in [0.717, 1.165) is 30.2 Å². The van der Waals surface area contributed by atoms with Gasteiger partial charge < -0.3 is 5.32 Å². The highest BCUT2D eigenvalue weighted by atomic mass is 14.8. The van der Waals surface area contributed by atoms with E-state index in [0.29, 0.717) is 0 Å². The lowest BCUT2D eigenvalue weighted by atomic mass is 9.68. The van der Waals surface area contributed by atoms with E-state index in [1.807, 2.05) is 0 Å². The summed E-state index contributed by atoms with van der Waals surface area (Å²) in [7, 11) is 2.09. The molecule has 1 aliphatic carbocycles. The van der Waals surface area contributed by atoms with Crippen LogP contribution >= 0.6 is 0 Å². The van der Waals surface area contributed by atoms with Crippen molar-refractivity contribution < 1.29 is 0 Å². The van der Waals surface area contributed by atoms with Gasteiger partial charge in [-0.1, -0.05) is 43.7 Å². The highest BCUT2D eigenvalue weighted by molar-refractivity contribution is 5.26. The molecule has 3 unspecified atom stereocenters. The van der Waals surface area contributed by atoms with E-state index in [1.165, 1.54) is 24.8 Å². The van der Waals surface area contributed by atoms with E-state index in [-0.39, 0.29) is 0 Å². The third kappa shape index (κ3) is 3.60. The maximum absolute atomic E-state index is 3.40. The Labute approximate surface area is 118 Å². The van der Waals surface area contributed by atoms with Gasteiger partial charge in [-0.3, -0.25) is 0 Å². The van der Waals surface area contributed by atoms with Crippen molar-refractivity contribution in [3.05, 3.63) is 35.4 Å². The van der Waals surface area contributed by atoms with Crippen LogP contribution in [-0.4, -0.2) is 13.6 Å². The fraction of sp³-hybridized carbons (Fsp3) is 0.667. The van der Waals surface area contributed by atoms with Crippen molar-refractivity contribution in [2.75, 3.05) is 13.6 Å². The van der Waals surface area contributed by atoms with E-state index in [9.17, 15) is 0 Å². The number of nitrogens with one attached hydrogen (secondary N) is 1. The average Bonchev–Trinajstić information content (AvgIpc) is 2.39. The van der Waals surface area contributed by atoms with Gasteiger partial charge in [0, 0.05) is 0 Å². The maximum Gasteiger partial charge on any atom is -0.00177 e. The van der Waals surface area contributed by atoms with E-state index < -0.39 is 0 Å². The molecule has 0 amide bonds. The Kier molecular flexibility index (Phi) is 5.04. The molecule has 0 heterocycles. The summed E-state index contributed by atoms with van der Waals surface area (Å²) in [6.45, 7) is 8.13. The highest BCUT2D eigenvalue weighted by Crippen LogP contribution is 2.42. The zero-order valence-electron chi connectivity index (χ0n) is 12.9. The molecule has 19 heavy (non-hydrogen) atoms. The lowest BCUT2D eigenvalue weighted by Gasteiger charge is -2.38. The molecule has 2 rings (SSSR count). The molecule has 0 spiro atoms. The molecule has 1 heteroatoms. The first kappa shape index (κ1) is 14.6. The van der Waals surface area contributed by atoms with Gasteiger partial charge in [-0.25, -0.2) is 0 Å². The molecule has 1 fully saturated rings. The molecule has 1 aromatic carbocycles. The van der Waals surface area contributed by atoms with E-state index in [2.05, 4.69) is 57.4 Å². The van der Waals surface area contributed by atoms with Crippen molar-refractivity contribution in [2.24, 2.45) is 17.8 Å². The fourth-order valence-corrected chi connectivity index (χ4v) is 3.69. The second-order valence-corrected chi connectivity index (χ2v) is 6.66. The van der Waals surface area contributed by atoms with Crippen LogP contribution in [0.1, 0.15) is 50.2 Å². The summed E-state index contributed by atoms with van der Waals surface area (Å²) < 4.78 is 0. The zero-order valence-corrected chi connectivity index (χ0v) is 12.9. The Hall–Kier alpha value is -0.820. The van der Waals surface area contributed by atoms with Gasteiger partial charge in [0.2, 0.25) is 0 Å². The van der Waals surface area contributed by atoms with Crippen molar-refractivity contribution in [3.63, 3.8) is 0 Å². The van der Waals surface area contributed by atoms with Crippen molar-refractivity contribution in [1.29, 1.82) is 0 Å². The zero-order chi connectivity index (χ0) is 13.8. The first-order valence-electron chi connectivity index (χ1n) is 7.83. The van der Waals surface area contributed by atoms with E-state index >= 15 is 0 Å². The molecule has 1 aromatic rings. The van der Waals surface area contributed by atoms with Gasteiger partial charge in [-0.05, 0) is 69.0 Å². The Morgan fingerprint density at radius 3 is 2.68 bits per heavy atom. The van der Waals surface area contributed by atoms with Gasteiger partial charge in [-0.2, -0.15) is 0 Å². The normalized spacial score (nSPS) is 27.7. The fourth-order valence-electron chi connectivity index (χ4n) is 3.69. The lowest BCUT2D eigenvalue weighted by Crippen LogP contribution is -2.32. The van der Waals surface area contributed by atoms with Crippen LogP contribution in [0.4, 0.5) is 0 Å². The summed E-state index contributed by atoms with van der Waals surface area (Å²) in [5, 5.41) is 3.40. The smallest absolute Gasteiger partial charge is 0.00177 e. The molecule has 1 saturated carbocycles. The summed E-state index contributed by atoms with van der Waals surface area (Å²) in [6.07, 6.45) is 4.15. The molecule has 0 bridgehead atoms. The third-order valence-electron chi connectivity index (χ3n) is 4.91. The summed E-state index contributed by atoms with van der Waals surface area (Å²) in [5.41, 5.74) is 2.96. The molecular formula is C18H29N. The summed E-state index contributed by atoms with van der Waals surface area (Å²) >= 11 is 0. The summed E-state index contributed by atoms with van der Waals surface area (Å²) in [5.74, 6) is 3.27. The van der Waals surface area contributed by atoms with Gasteiger partial charge in [0.05, 0.1) is 0 Å². The van der Waals surface area contributed by atoms with Crippen LogP contribution in [0, 0.1) is 24.7 Å². The molecule has 0 saturated heterocycles.